The van der Waals surface area contributed by atoms with Crippen molar-refractivity contribution in [1.29, 1.82) is 0 Å². The highest BCUT2D eigenvalue weighted by Gasteiger charge is 2.26. The monoisotopic (exact) mass is 342 g/mol. The van der Waals surface area contributed by atoms with Crippen molar-refractivity contribution in [2.24, 2.45) is 0 Å². The van der Waals surface area contributed by atoms with E-state index >= 15 is 0 Å². The number of nitrogens with zero attached hydrogens (tertiary/aromatic N) is 1. The lowest BCUT2D eigenvalue weighted by atomic mass is 10.1. The third-order valence-electron chi connectivity index (χ3n) is 4.47. The van der Waals surface area contributed by atoms with Crippen molar-refractivity contribution in [2.45, 2.75) is 32.7 Å². The quantitative estimate of drug-likeness (QED) is 0.905. The van der Waals surface area contributed by atoms with Crippen molar-refractivity contribution in [3.63, 3.8) is 0 Å². The van der Waals surface area contributed by atoms with Crippen molar-refractivity contribution in [3.8, 4) is 0 Å². The molecule has 1 unspecified atom stereocenters. The molecule has 2 aromatic rings. The lowest BCUT2D eigenvalue weighted by Gasteiger charge is -2.25. The van der Waals surface area contributed by atoms with E-state index in [4.69, 9.17) is 0 Å². The van der Waals surface area contributed by atoms with E-state index in [9.17, 15) is 9.59 Å². The van der Waals surface area contributed by atoms with Gasteiger partial charge in [0, 0.05) is 24.4 Å². The molecule has 2 amide bonds. The van der Waals surface area contributed by atoms with Crippen LogP contribution in [-0.2, 0) is 4.79 Å². The van der Waals surface area contributed by atoms with E-state index in [1.807, 2.05) is 55.1 Å². The van der Waals surface area contributed by atoms with Gasteiger partial charge in [0.25, 0.3) is 5.91 Å². The standard InChI is InChI=1S/C19H22N2O2S/c1-13-11-17(24-14(13)2)19(23)20-16(15-7-4-3-5-8-15)12-21-10-6-9-18(21)22/h3-5,7-8,11,16H,6,9-10,12H2,1-2H3,(H,20,23). The molecule has 1 N–H and O–H groups in total. The summed E-state index contributed by atoms with van der Waals surface area (Å²) in [6.07, 6.45) is 1.51. The van der Waals surface area contributed by atoms with E-state index in [-0.39, 0.29) is 17.9 Å². The molecule has 1 aromatic carbocycles. The third kappa shape index (κ3) is 3.67. The van der Waals surface area contributed by atoms with Gasteiger partial charge >= 0.3 is 0 Å². The first-order valence-electron chi connectivity index (χ1n) is 8.25. The van der Waals surface area contributed by atoms with Gasteiger partial charge in [0.15, 0.2) is 0 Å². The Morgan fingerprint density at radius 3 is 2.62 bits per heavy atom. The van der Waals surface area contributed by atoms with Crippen LogP contribution in [0.5, 0.6) is 0 Å². The summed E-state index contributed by atoms with van der Waals surface area (Å²) in [7, 11) is 0. The zero-order chi connectivity index (χ0) is 17.1. The summed E-state index contributed by atoms with van der Waals surface area (Å²) >= 11 is 1.51. The Labute approximate surface area is 146 Å². The topological polar surface area (TPSA) is 49.4 Å². The Morgan fingerprint density at radius 2 is 2.04 bits per heavy atom. The van der Waals surface area contributed by atoms with Gasteiger partial charge in [0.1, 0.15) is 0 Å². The summed E-state index contributed by atoms with van der Waals surface area (Å²) in [4.78, 5) is 28.3. The van der Waals surface area contributed by atoms with E-state index in [0.29, 0.717) is 13.0 Å². The van der Waals surface area contributed by atoms with Crippen molar-refractivity contribution in [3.05, 3.63) is 57.3 Å². The molecule has 4 nitrogen and oxygen atoms in total. The molecular formula is C19H22N2O2S. The fraction of sp³-hybridized carbons (Fsp3) is 0.368. The van der Waals surface area contributed by atoms with Crippen molar-refractivity contribution < 1.29 is 9.59 Å². The molecule has 1 aliphatic rings. The molecule has 1 fully saturated rings. The number of nitrogens with one attached hydrogen (secondary N) is 1. The maximum atomic E-state index is 12.6. The van der Waals surface area contributed by atoms with Crippen LogP contribution in [0.2, 0.25) is 0 Å². The van der Waals surface area contributed by atoms with Crippen LogP contribution in [0, 0.1) is 13.8 Å². The Morgan fingerprint density at radius 1 is 1.29 bits per heavy atom. The first kappa shape index (κ1) is 16.7. The number of hydrogen-bond donors (Lipinski definition) is 1. The predicted molar refractivity (Wildman–Crippen MR) is 96.3 cm³/mol. The van der Waals surface area contributed by atoms with Crippen molar-refractivity contribution >= 4 is 23.2 Å². The molecule has 0 saturated carbocycles. The minimum Gasteiger partial charge on any atom is -0.343 e. The van der Waals surface area contributed by atoms with Crippen molar-refractivity contribution in [2.75, 3.05) is 13.1 Å². The predicted octanol–water partition coefficient (Wildman–Crippen LogP) is 3.46. The van der Waals surface area contributed by atoms with Crippen LogP contribution in [0.3, 0.4) is 0 Å². The Hall–Kier alpha value is -2.14. The maximum Gasteiger partial charge on any atom is 0.261 e. The lowest BCUT2D eigenvalue weighted by molar-refractivity contribution is -0.128. The smallest absolute Gasteiger partial charge is 0.261 e. The van der Waals surface area contributed by atoms with Gasteiger partial charge in [-0.15, -0.1) is 11.3 Å². The van der Waals surface area contributed by atoms with Crippen LogP contribution in [0.15, 0.2) is 36.4 Å². The number of carbonyl (C=O) groups excluding carboxylic acids is 2. The van der Waals surface area contributed by atoms with Gasteiger partial charge in [-0.1, -0.05) is 30.3 Å². The maximum absolute atomic E-state index is 12.6. The second kappa shape index (κ2) is 7.18. The van der Waals surface area contributed by atoms with E-state index in [2.05, 4.69) is 5.32 Å². The van der Waals surface area contributed by atoms with E-state index in [1.165, 1.54) is 11.3 Å². The van der Waals surface area contributed by atoms with Gasteiger partial charge in [0.05, 0.1) is 10.9 Å². The summed E-state index contributed by atoms with van der Waals surface area (Å²) in [5, 5.41) is 3.12. The summed E-state index contributed by atoms with van der Waals surface area (Å²) in [5.41, 5.74) is 2.16. The van der Waals surface area contributed by atoms with E-state index in [0.717, 1.165) is 33.8 Å². The van der Waals surface area contributed by atoms with Crippen LogP contribution in [-0.4, -0.2) is 29.8 Å². The second-order valence-corrected chi connectivity index (χ2v) is 7.49. The van der Waals surface area contributed by atoms with E-state index < -0.39 is 0 Å². The third-order valence-corrected chi connectivity index (χ3v) is 5.62. The highest BCUT2D eigenvalue weighted by atomic mass is 32.1. The van der Waals surface area contributed by atoms with Gasteiger partial charge in [0.2, 0.25) is 5.91 Å². The molecule has 0 spiro atoms. The normalized spacial score (nSPS) is 15.6. The number of aryl methyl sites for hydroxylation is 2. The van der Waals surface area contributed by atoms with Crippen LogP contribution in [0.4, 0.5) is 0 Å². The number of amides is 2. The van der Waals surface area contributed by atoms with Crippen LogP contribution in [0.1, 0.15) is 44.6 Å². The molecule has 24 heavy (non-hydrogen) atoms. The van der Waals surface area contributed by atoms with Gasteiger partial charge < -0.3 is 10.2 Å². The van der Waals surface area contributed by atoms with Gasteiger partial charge in [-0.25, -0.2) is 0 Å². The number of likely N-dealkylation sites (tertiary alicyclic amines) is 1. The molecule has 126 valence electrons. The number of thiophene rings is 1. The highest BCUT2D eigenvalue weighted by Crippen LogP contribution is 2.23. The molecule has 0 bridgehead atoms. The zero-order valence-electron chi connectivity index (χ0n) is 14.0. The minimum atomic E-state index is -0.191. The molecule has 2 heterocycles. The first-order valence-corrected chi connectivity index (χ1v) is 9.07. The summed E-state index contributed by atoms with van der Waals surface area (Å²) in [6, 6.07) is 11.6. The highest BCUT2D eigenvalue weighted by molar-refractivity contribution is 7.14. The van der Waals surface area contributed by atoms with Gasteiger partial charge in [-0.3, -0.25) is 9.59 Å². The fourth-order valence-corrected chi connectivity index (χ4v) is 3.89. The van der Waals surface area contributed by atoms with Gasteiger partial charge in [-0.2, -0.15) is 0 Å². The molecule has 3 rings (SSSR count). The largest absolute Gasteiger partial charge is 0.343 e. The SMILES string of the molecule is Cc1cc(C(=O)NC(CN2CCCC2=O)c2ccccc2)sc1C. The Kier molecular flexibility index (Phi) is 5.00. The molecule has 0 aliphatic carbocycles. The molecular weight excluding hydrogens is 320 g/mol. The molecule has 0 radical (unpaired) electrons. The second-order valence-electron chi connectivity index (χ2n) is 6.23. The van der Waals surface area contributed by atoms with Crippen molar-refractivity contribution in [1.82, 2.24) is 10.2 Å². The van der Waals surface area contributed by atoms with Crippen LogP contribution < -0.4 is 5.32 Å². The number of carbonyl (C=O) groups is 2. The summed E-state index contributed by atoms with van der Waals surface area (Å²) in [6.45, 7) is 5.34. The molecule has 1 aromatic heterocycles. The average molecular weight is 342 g/mol. The molecule has 5 heteroatoms. The Balaban J connectivity index is 1.79. The molecule has 1 atom stereocenters. The Bertz CT molecular complexity index is 720. The van der Waals surface area contributed by atoms with E-state index in [1.54, 1.807) is 0 Å². The first-order chi connectivity index (χ1) is 11.5. The minimum absolute atomic E-state index is 0.0725. The fourth-order valence-electron chi connectivity index (χ4n) is 2.95. The van der Waals surface area contributed by atoms with Crippen LogP contribution in [0.25, 0.3) is 0 Å². The van der Waals surface area contributed by atoms with Gasteiger partial charge in [-0.05, 0) is 37.5 Å². The summed E-state index contributed by atoms with van der Waals surface area (Å²) < 4.78 is 0. The van der Waals surface area contributed by atoms with Crippen LogP contribution >= 0.6 is 11.3 Å². The average Bonchev–Trinajstić information content (AvgIpc) is 3.13. The molecule has 1 aliphatic heterocycles. The zero-order valence-corrected chi connectivity index (χ0v) is 14.9. The summed E-state index contributed by atoms with van der Waals surface area (Å²) in [5.74, 6) is 0.102. The number of rotatable bonds is 5. The molecule has 1 saturated heterocycles. The number of hydrogen-bond acceptors (Lipinski definition) is 3. The lowest BCUT2D eigenvalue weighted by Crippen LogP contribution is -2.38. The number of benzene rings is 1.